The SMILES string of the molecule is O=C(O)CC(SCC(CO)(CSC(F)CC(F)(F)C(F)(F)C(F)(F)C(F)(F)C(F)(F)C(F)(F)C(F)(F)C(F)(F)F)CSC(F)CC(F)(F)C(F)(F)C(F)(F)C(F)(F)C(F)(F)C(F)(F)C(F)(F)C(F)(F)F)C(=O)O. The van der Waals surface area contributed by atoms with Gasteiger partial charge in [0.2, 0.25) is 0 Å². The van der Waals surface area contributed by atoms with Gasteiger partial charge in [0, 0.05) is 22.7 Å². The lowest BCUT2D eigenvalue weighted by atomic mass is 9.88. The second-order valence-corrected chi connectivity index (χ2v) is 18.0. The van der Waals surface area contributed by atoms with E-state index < -0.39 is 207 Å². The molecule has 0 saturated carbocycles. The van der Waals surface area contributed by atoms with Crippen LogP contribution in [0.2, 0.25) is 0 Å². The first-order chi connectivity index (χ1) is 31.5. The molecule has 3 atom stereocenters. The quantitative estimate of drug-likeness (QED) is 0.0638. The van der Waals surface area contributed by atoms with Crippen molar-refractivity contribution in [3.05, 3.63) is 0 Å². The Balaban J connectivity index is 7.11. The van der Waals surface area contributed by atoms with Crippen LogP contribution in [0.15, 0.2) is 0 Å². The number of carbonyl (C=O) groups is 2. The van der Waals surface area contributed by atoms with E-state index in [0.29, 0.717) is 0 Å². The molecule has 44 heteroatoms. The van der Waals surface area contributed by atoms with Gasteiger partial charge in [0.1, 0.15) is 5.25 Å². The van der Waals surface area contributed by atoms with Gasteiger partial charge in [-0.3, -0.25) is 9.59 Å². The molecule has 0 bridgehead atoms. The second kappa shape index (κ2) is 21.0. The number of hydrogen-bond acceptors (Lipinski definition) is 6. The van der Waals surface area contributed by atoms with E-state index in [1.54, 1.807) is 0 Å². The van der Waals surface area contributed by atoms with Crippen molar-refractivity contribution in [3.8, 4) is 0 Å². The fourth-order valence-electron chi connectivity index (χ4n) is 4.62. The van der Waals surface area contributed by atoms with Gasteiger partial charge in [-0.25, -0.2) is 8.78 Å². The summed E-state index contributed by atoms with van der Waals surface area (Å²) in [6.07, 6.45) is -25.8. The van der Waals surface area contributed by atoms with Crippen LogP contribution < -0.4 is 0 Å². The van der Waals surface area contributed by atoms with Crippen LogP contribution in [0.5, 0.6) is 0 Å². The van der Waals surface area contributed by atoms with Gasteiger partial charge >= 0.3 is 107 Å². The molecule has 0 aromatic carbocycles. The van der Waals surface area contributed by atoms with Crippen molar-refractivity contribution in [2.45, 2.75) is 131 Å². The van der Waals surface area contributed by atoms with Gasteiger partial charge < -0.3 is 15.3 Å². The predicted octanol–water partition coefficient (Wildman–Crippen LogP) is 13.5. The van der Waals surface area contributed by atoms with E-state index in [1.807, 2.05) is 0 Å². The Morgan fingerprint density at radius 2 is 0.575 bits per heavy atom. The number of rotatable bonds is 29. The van der Waals surface area contributed by atoms with Crippen molar-refractivity contribution in [1.82, 2.24) is 0 Å². The van der Waals surface area contributed by atoms with Crippen LogP contribution in [-0.2, 0) is 9.59 Å². The van der Waals surface area contributed by atoms with Crippen LogP contribution in [-0.4, -0.2) is 163 Å². The normalized spacial score (nSPS) is 17.8. The number of carboxylic acids is 2. The monoisotopic (exact) mass is 1230 g/mol. The molecule has 0 aromatic heterocycles. The highest BCUT2D eigenvalue weighted by Crippen LogP contribution is 2.66. The molecule has 3 unspecified atom stereocenters. The summed E-state index contributed by atoms with van der Waals surface area (Å²) in [7, 11) is 0. The van der Waals surface area contributed by atoms with Gasteiger partial charge in [-0.1, -0.05) is 0 Å². The predicted molar refractivity (Wildman–Crippen MR) is 171 cm³/mol. The summed E-state index contributed by atoms with van der Waals surface area (Å²) in [5.74, 6) is -132. The van der Waals surface area contributed by atoms with Crippen molar-refractivity contribution in [3.63, 3.8) is 0 Å². The highest BCUT2D eigenvalue weighted by molar-refractivity contribution is 8.01. The van der Waals surface area contributed by atoms with Crippen molar-refractivity contribution < 1.29 is 183 Å². The van der Waals surface area contributed by atoms with Crippen LogP contribution in [0.25, 0.3) is 0 Å². The molecule has 73 heavy (non-hydrogen) atoms. The zero-order valence-corrected chi connectivity index (χ0v) is 35.6. The van der Waals surface area contributed by atoms with E-state index >= 15 is 0 Å². The molecule has 0 heterocycles. The summed E-state index contributed by atoms with van der Waals surface area (Å²) in [5, 5.41) is 25.4. The van der Waals surface area contributed by atoms with E-state index in [0.717, 1.165) is 0 Å². The van der Waals surface area contributed by atoms with Crippen molar-refractivity contribution >= 4 is 47.2 Å². The minimum absolute atomic E-state index is 0.471. The van der Waals surface area contributed by atoms with Crippen LogP contribution in [0.3, 0.4) is 0 Å². The van der Waals surface area contributed by atoms with Crippen LogP contribution in [0.1, 0.15) is 19.3 Å². The van der Waals surface area contributed by atoms with Gasteiger partial charge in [0.25, 0.3) is 0 Å². The lowest BCUT2D eigenvalue weighted by Crippen LogP contribution is -2.74. The van der Waals surface area contributed by atoms with Crippen LogP contribution in [0.4, 0.5) is 158 Å². The third kappa shape index (κ3) is 12.0. The Morgan fingerprint density at radius 1 is 0.356 bits per heavy atom. The average Bonchev–Trinajstić information content (AvgIpc) is 3.17. The highest BCUT2D eigenvalue weighted by atomic mass is 32.2. The minimum atomic E-state index is -9.17. The van der Waals surface area contributed by atoms with E-state index in [1.165, 1.54) is 0 Å². The maximum atomic E-state index is 14.8. The molecule has 3 N–H and O–H groups in total. The number of alkyl halides is 36. The first kappa shape index (κ1) is 70.4. The van der Waals surface area contributed by atoms with Gasteiger partial charge in [-0.05, 0) is 0 Å². The van der Waals surface area contributed by atoms with Gasteiger partial charge in [-0.2, -0.15) is 149 Å². The number of aliphatic hydroxyl groups excluding tert-OH is 1. The molecule has 0 rings (SSSR count). The van der Waals surface area contributed by atoms with E-state index in [-0.39, 0.29) is 0 Å². The Labute approximate surface area is 390 Å². The molecule has 0 aliphatic heterocycles. The number of carboxylic acid groups (broad SMARTS) is 2. The molecule has 0 radical (unpaired) electrons. The Morgan fingerprint density at radius 3 is 0.781 bits per heavy atom. The lowest BCUT2D eigenvalue weighted by Gasteiger charge is -2.43. The number of halogens is 36. The van der Waals surface area contributed by atoms with Crippen molar-refractivity contribution in [1.29, 1.82) is 0 Å². The van der Waals surface area contributed by atoms with E-state index in [4.69, 9.17) is 10.2 Å². The molecule has 0 amide bonds. The second-order valence-electron chi connectivity index (χ2n) is 14.5. The van der Waals surface area contributed by atoms with Crippen molar-refractivity contribution in [2.24, 2.45) is 5.41 Å². The van der Waals surface area contributed by atoms with Gasteiger partial charge in [0.05, 0.1) is 25.9 Å². The Kier molecular flexibility index (Phi) is 20.3. The smallest absolute Gasteiger partial charge is 0.460 e. The molecule has 0 aliphatic carbocycles. The Hall–Kier alpha value is -2.57. The summed E-state index contributed by atoms with van der Waals surface area (Å²) >= 11 is -3.16. The molecule has 0 aromatic rings. The first-order valence-electron chi connectivity index (χ1n) is 17.1. The highest BCUT2D eigenvalue weighted by Gasteiger charge is 2.97. The first-order valence-corrected chi connectivity index (χ1v) is 20.2. The van der Waals surface area contributed by atoms with E-state index in [2.05, 4.69) is 0 Å². The summed E-state index contributed by atoms with van der Waals surface area (Å²) in [6, 6.07) is 0. The fourth-order valence-corrected chi connectivity index (χ4v) is 8.57. The largest absolute Gasteiger partial charge is 0.481 e. The molecular formula is C29H20F36O5S3. The van der Waals surface area contributed by atoms with Crippen LogP contribution >= 0.6 is 35.3 Å². The molecule has 0 fully saturated rings. The van der Waals surface area contributed by atoms with Gasteiger partial charge in [0.15, 0.2) is 11.0 Å². The molecule has 5 nitrogen and oxygen atoms in total. The topological polar surface area (TPSA) is 94.8 Å². The minimum Gasteiger partial charge on any atom is -0.481 e. The third-order valence-electron chi connectivity index (χ3n) is 9.11. The summed E-state index contributed by atoms with van der Waals surface area (Å²) < 4.78 is 492. The zero-order valence-electron chi connectivity index (χ0n) is 33.2. The third-order valence-corrected chi connectivity index (χ3v) is 13.3. The number of aliphatic carboxylic acids is 2. The fraction of sp³-hybridized carbons (Fsp3) is 0.931. The summed E-state index contributed by atoms with van der Waals surface area (Å²) in [6.45, 7) is -2.13. The molecular weight excluding hydrogens is 1210 g/mol. The summed E-state index contributed by atoms with van der Waals surface area (Å²) in [4.78, 5) is 22.4. The maximum absolute atomic E-state index is 14.8. The zero-order chi connectivity index (χ0) is 59.5. The molecule has 436 valence electrons. The number of hydrogen-bond donors (Lipinski definition) is 3. The maximum Gasteiger partial charge on any atom is 0.460 e. The molecule has 0 saturated heterocycles. The Bertz CT molecular complexity index is 1790. The summed E-state index contributed by atoms with van der Waals surface area (Å²) in [5.41, 5.74) is -11.9. The van der Waals surface area contributed by atoms with Crippen LogP contribution in [0, 0.1) is 5.41 Å². The average molecular weight is 1230 g/mol. The number of thioether (sulfide) groups is 3. The van der Waals surface area contributed by atoms with Crippen molar-refractivity contribution in [2.75, 3.05) is 23.9 Å². The van der Waals surface area contributed by atoms with Gasteiger partial charge in [-0.15, -0.1) is 35.3 Å². The van der Waals surface area contributed by atoms with E-state index in [9.17, 15) is 173 Å². The molecule has 0 aliphatic rings. The lowest BCUT2D eigenvalue weighted by molar-refractivity contribution is -0.462. The standard InChI is InChI=1S/C29H20F36O5S3/c30-9(2-14(32,33)16(36,37)18(40,41)20(44,45)22(48,49)24(52,53)26(56,57)28(60,61)62)72-6-13(4-66,5-71-8(12(69)70)1-11(67)68)7-73-10(31)3-15(34,35)17(38,39)19(42,43)21(46,47)23(50,51)25(54,55)27(58,59)29(63,64)65/h8-10,66H,1-7H2,(H,67,68)(H,69,70). The number of aliphatic hydroxyl groups is 1. The molecule has 0 spiro atoms.